The van der Waals surface area contributed by atoms with Crippen molar-refractivity contribution in [3.05, 3.63) is 78.4 Å². The highest BCUT2D eigenvalue weighted by Gasteiger charge is 2.25. The lowest BCUT2D eigenvalue weighted by molar-refractivity contribution is -0.113. The van der Waals surface area contributed by atoms with E-state index < -0.39 is 0 Å². The topological polar surface area (TPSA) is 78.4 Å². The predicted molar refractivity (Wildman–Crippen MR) is 122 cm³/mol. The van der Waals surface area contributed by atoms with Gasteiger partial charge >= 0.3 is 0 Å². The Bertz CT molecular complexity index is 1070. The first-order valence-electron chi connectivity index (χ1n) is 10.2. The number of thioether (sulfide) groups is 1. The zero-order chi connectivity index (χ0) is 22.3. The van der Waals surface area contributed by atoms with Gasteiger partial charge in [-0.1, -0.05) is 12.1 Å². The van der Waals surface area contributed by atoms with E-state index in [0.29, 0.717) is 43.4 Å². The summed E-state index contributed by atoms with van der Waals surface area (Å²) in [5, 5.41) is 2.73. The van der Waals surface area contributed by atoms with Crippen molar-refractivity contribution in [3.63, 3.8) is 0 Å². The van der Waals surface area contributed by atoms with Gasteiger partial charge in [0.15, 0.2) is 0 Å². The van der Waals surface area contributed by atoms with Crippen LogP contribution in [0.1, 0.15) is 10.4 Å². The molecule has 0 atom stereocenters. The lowest BCUT2D eigenvalue weighted by Crippen LogP contribution is -2.49. The minimum Gasteiger partial charge on any atom is -0.337 e. The molecule has 1 saturated heterocycles. The van der Waals surface area contributed by atoms with Crippen molar-refractivity contribution >= 4 is 35.2 Å². The normalized spacial score (nSPS) is 13.7. The van der Waals surface area contributed by atoms with Gasteiger partial charge < -0.3 is 15.1 Å². The Balaban J connectivity index is 1.35. The number of carbonyl (C=O) groups excluding carboxylic acids is 2. The van der Waals surface area contributed by atoms with Crippen LogP contribution in [-0.4, -0.2) is 58.6 Å². The lowest BCUT2D eigenvalue weighted by atomic mass is 10.2. The predicted octanol–water partition coefficient (Wildman–Crippen LogP) is 3.31. The molecule has 32 heavy (non-hydrogen) atoms. The highest BCUT2D eigenvalue weighted by atomic mass is 32.2. The molecule has 1 aromatic heterocycles. The van der Waals surface area contributed by atoms with E-state index in [1.807, 2.05) is 23.1 Å². The van der Waals surface area contributed by atoms with E-state index >= 15 is 0 Å². The van der Waals surface area contributed by atoms with Crippen molar-refractivity contribution in [1.29, 1.82) is 0 Å². The minimum absolute atomic E-state index is 0.0549. The Morgan fingerprint density at radius 3 is 2.34 bits per heavy atom. The molecule has 0 unspecified atom stereocenters. The Morgan fingerprint density at radius 2 is 1.62 bits per heavy atom. The molecule has 1 fully saturated rings. The molecule has 0 saturated carbocycles. The minimum atomic E-state index is -0.359. The van der Waals surface area contributed by atoms with Gasteiger partial charge in [0.25, 0.3) is 5.91 Å². The molecule has 164 valence electrons. The van der Waals surface area contributed by atoms with Gasteiger partial charge in [-0.05, 0) is 42.5 Å². The molecule has 0 radical (unpaired) electrons. The summed E-state index contributed by atoms with van der Waals surface area (Å²) in [4.78, 5) is 38.6. The van der Waals surface area contributed by atoms with Gasteiger partial charge in [-0.15, -0.1) is 11.8 Å². The van der Waals surface area contributed by atoms with Crippen LogP contribution in [0.3, 0.4) is 0 Å². The molecule has 1 N–H and O–H groups in total. The maximum Gasteiger partial charge on any atom is 0.255 e. The summed E-state index contributed by atoms with van der Waals surface area (Å²) in [5.41, 5.74) is 1.11. The van der Waals surface area contributed by atoms with Crippen LogP contribution in [0, 0.1) is 5.82 Å². The van der Waals surface area contributed by atoms with E-state index in [-0.39, 0.29) is 23.4 Å². The number of hydrogen-bond acceptors (Lipinski definition) is 6. The van der Waals surface area contributed by atoms with Crippen molar-refractivity contribution in [3.8, 4) is 0 Å². The monoisotopic (exact) mass is 451 g/mol. The second kappa shape index (κ2) is 10.2. The molecule has 2 amide bonds. The molecule has 7 nitrogen and oxygen atoms in total. The third-order valence-corrected chi connectivity index (χ3v) is 6.08. The number of nitrogens with one attached hydrogen (secondary N) is 1. The Hall–Kier alpha value is -3.46. The number of piperazine rings is 1. The van der Waals surface area contributed by atoms with Crippen molar-refractivity contribution in [2.45, 2.75) is 4.90 Å². The maximum atomic E-state index is 13.2. The van der Waals surface area contributed by atoms with Crippen LogP contribution in [-0.2, 0) is 4.79 Å². The maximum absolute atomic E-state index is 13.2. The molecule has 4 rings (SSSR count). The highest BCUT2D eigenvalue weighted by molar-refractivity contribution is 8.00. The number of carbonyl (C=O) groups is 2. The van der Waals surface area contributed by atoms with Crippen LogP contribution >= 0.6 is 11.8 Å². The van der Waals surface area contributed by atoms with Crippen molar-refractivity contribution in [2.24, 2.45) is 0 Å². The summed E-state index contributed by atoms with van der Waals surface area (Å²) in [5.74, 6) is 0.173. The first kappa shape index (κ1) is 21.8. The average molecular weight is 452 g/mol. The summed E-state index contributed by atoms with van der Waals surface area (Å²) in [7, 11) is 0. The average Bonchev–Trinajstić information content (AvgIpc) is 2.84. The molecule has 3 aromatic rings. The smallest absolute Gasteiger partial charge is 0.255 e. The molecule has 1 aliphatic heterocycles. The summed E-state index contributed by atoms with van der Waals surface area (Å²) in [6.45, 7) is 2.46. The summed E-state index contributed by atoms with van der Waals surface area (Å²) < 4.78 is 13.0. The van der Waals surface area contributed by atoms with Gasteiger partial charge in [0, 0.05) is 49.2 Å². The number of aromatic nitrogens is 2. The van der Waals surface area contributed by atoms with Gasteiger partial charge in [0.2, 0.25) is 11.9 Å². The number of rotatable bonds is 6. The van der Waals surface area contributed by atoms with Crippen LogP contribution in [0.25, 0.3) is 0 Å². The number of benzene rings is 2. The molecule has 0 aliphatic carbocycles. The van der Waals surface area contributed by atoms with Crippen LogP contribution in [0.4, 0.5) is 16.0 Å². The van der Waals surface area contributed by atoms with Crippen LogP contribution < -0.4 is 10.2 Å². The molecule has 2 aromatic carbocycles. The van der Waals surface area contributed by atoms with Crippen molar-refractivity contribution in [2.75, 3.05) is 42.1 Å². The standard InChI is InChI=1S/C23H22FN5O2S/c24-17-6-8-18(9-7-17)27-21(30)16-32-20-5-2-1-4-19(20)22(31)28-12-14-29(15-13-28)23-25-10-3-11-26-23/h1-11H,12-16H2,(H,27,30). The van der Waals surface area contributed by atoms with Crippen molar-refractivity contribution in [1.82, 2.24) is 14.9 Å². The molecule has 0 bridgehead atoms. The zero-order valence-corrected chi connectivity index (χ0v) is 18.1. The van der Waals surface area contributed by atoms with Gasteiger partial charge in [-0.25, -0.2) is 14.4 Å². The number of amides is 2. The largest absolute Gasteiger partial charge is 0.337 e. The van der Waals surface area contributed by atoms with Gasteiger partial charge in [0.05, 0.1) is 11.3 Å². The van der Waals surface area contributed by atoms with E-state index in [2.05, 4.69) is 20.2 Å². The summed E-state index contributed by atoms with van der Waals surface area (Å²) in [6.07, 6.45) is 3.42. The highest BCUT2D eigenvalue weighted by Crippen LogP contribution is 2.25. The SMILES string of the molecule is O=C(CSc1ccccc1C(=O)N1CCN(c2ncccn2)CC1)Nc1ccc(F)cc1. The van der Waals surface area contributed by atoms with E-state index in [0.717, 1.165) is 4.90 Å². The van der Waals surface area contributed by atoms with Gasteiger partial charge in [-0.2, -0.15) is 0 Å². The second-order valence-corrected chi connectivity index (χ2v) is 8.19. The molecular weight excluding hydrogens is 429 g/mol. The fourth-order valence-electron chi connectivity index (χ4n) is 3.38. The quantitative estimate of drug-likeness (QED) is 0.580. The van der Waals surface area contributed by atoms with E-state index in [4.69, 9.17) is 0 Å². The Labute approximate surface area is 189 Å². The number of hydrogen-bond donors (Lipinski definition) is 1. The fourth-order valence-corrected chi connectivity index (χ4v) is 4.22. The number of nitrogens with zero attached hydrogens (tertiary/aromatic N) is 4. The van der Waals surface area contributed by atoms with E-state index in [9.17, 15) is 14.0 Å². The van der Waals surface area contributed by atoms with E-state index in [1.165, 1.54) is 36.0 Å². The van der Waals surface area contributed by atoms with E-state index in [1.54, 1.807) is 24.5 Å². The molecule has 9 heteroatoms. The van der Waals surface area contributed by atoms with Crippen molar-refractivity contribution < 1.29 is 14.0 Å². The molecular formula is C23H22FN5O2S. The lowest BCUT2D eigenvalue weighted by Gasteiger charge is -2.35. The third-order valence-electron chi connectivity index (χ3n) is 5.01. The zero-order valence-electron chi connectivity index (χ0n) is 17.3. The summed E-state index contributed by atoms with van der Waals surface area (Å²) >= 11 is 1.30. The Morgan fingerprint density at radius 1 is 0.938 bits per heavy atom. The van der Waals surface area contributed by atoms with Gasteiger partial charge in [-0.3, -0.25) is 9.59 Å². The molecule has 2 heterocycles. The Kier molecular flexibility index (Phi) is 6.96. The number of anilines is 2. The second-order valence-electron chi connectivity index (χ2n) is 7.17. The molecule has 0 spiro atoms. The van der Waals surface area contributed by atoms with Crippen LogP contribution in [0.2, 0.25) is 0 Å². The fraction of sp³-hybridized carbons (Fsp3) is 0.217. The molecule has 1 aliphatic rings. The third kappa shape index (κ3) is 5.42. The van der Waals surface area contributed by atoms with Crippen LogP contribution in [0.5, 0.6) is 0 Å². The number of halogens is 1. The first-order valence-corrected chi connectivity index (χ1v) is 11.2. The van der Waals surface area contributed by atoms with Gasteiger partial charge in [0.1, 0.15) is 5.82 Å². The van der Waals surface area contributed by atoms with Crippen LogP contribution in [0.15, 0.2) is 71.9 Å². The summed E-state index contributed by atoms with van der Waals surface area (Å²) in [6, 6.07) is 14.7. The first-order chi connectivity index (χ1) is 15.6.